The first kappa shape index (κ1) is 14.5. The van der Waals surface area contributed by atoms with Crippen LogP contribution in [0.3, 0.4) is 0 Å². The lowest BCUT2D eigenvalue weighted by molar-refractivity contribution is -0.117. The largest absolute Gasteiger partial charge is 0.374 e. The second-order valence-electron chi connectivity index (χ2n) is 5.10. The first-order chi connectivity index (χ1) is 8.52. The highest BCUT2D eigenvalue weighted by Gasteiger charge is 2.14. The monoisotopic (exact) mass is 250 g/mol. The minimum absolute atomic E-state index is 0.195. The third-order valence-corrected chi connectivity index (χ3v) is 2.89. The Kier molecular flexibility index (Phi) is 5.66. The van der Waals surface area contributed by atoms with Gasteiger partial charge in [0.25, 0.3) is 5.91 Å². The van der Waals surface area contributed by atoms with Gasteiger partial charge in [-0.2, -0.15) is 5.26 Å². The molecule has 0 aromatic carbocycles. The first-order valence-electron chi connectivity index (χ1n) is 6.35. The van der Waals surface area contributed by atoms with Crippen LogP contribution in [0.15, 0.2) is 11.8 Å². The molecule has 0 atom stereocenters. The second kappa shape index (κ2) is 7.02. The topological polar surface area (TPSA) is 59.4 Å². The molecule has 1 N–H and O–H groups in total. The minimum Gasteiger partial charge on any atom is -0.374 e. The summed E-state index contributed by atoms with van der Waals surface area (Å²) in [6.45, 7) is 8.29. The highest BCUT2D eigenvalue weighted by molar-refractivity contribution is 5.97. The summed E-state index contributed by atoms with van der Waals surface area (Å²) >= 11 is 0. The van der Waals surface area contributed by atoms with Gasteiger partial charge in [0, 0.05) is 38.9 Å². The lowest BCUT2D eigenvalue weighted by Gasteiger charge is -2.31. The van der Waals surface area contributed by atoms with Crippen molar-refractivity contribution in [3.63, 3.8) is 0 Å². The van der Waals surface area contributed by atoms with Crippen molar-refractivity contribution in [3.8, 4) is 6.07 Å². The van der Waals surface area contributed by atoms with Crippen molar-refractivity contribution in [1.29, 1.82) is 5.26 Å². The third-order valence-electron chi connectivity index (χ3n) is 2.89. The molecule has 0 bridgehead atoms. The molecule has 18 heavy (non-hydrogen) atoms. The Morgan fingerprint density at radius 1 is 1.39 bits per heavy atom. The lowest BCUT2D eigenvalue weighted by Crippen LogP contribution is -2.42. The van der Waals surface area contributed by atoms with Crippen molar-refractivity contribution in [2.45, 2.75) is 13.8 Å². The number of rotatable bonds is 4. The van der Waals surface area contributed by atoms with Gasteiger partial charge < -0.3 is 15.1 Å². The van der Waals surface area contributed by atoms with Gasteiger partial charge in [-0.1, -0.05) is 13.8 Å². The zero-order valence-corrected chi connectivity index (χ0v) is 11.4. The Balaban J connectivity index is 2.54. The summed E-state index contributed by atoms with van der Waals surface area (Å²) in [4.78, 5) is 16.0. The van der Waals surface area contributed by atoms with E-state index in [0.29, 0.717) is 12.5 Å². The number of amides is 1. The van der Waals surface area contributed by atoms with Crippen molar-refractivity contribution in [2.75, 3.05) is 39.8 Å². The normalized spacial score (nSPS) is 17.7. The van der Waals surface area contributed by atoms with Crippen LogP contribution >= 0.6 is 0 Å². The van der Waals surface area contributed by atoms with Crippen molar-refractivity contribution < 1.29 is 4.79 Å². The van der Waals surface area contributed by atoms with Crippen LogP contribution in [-0.2, 0) is 4.79 Å². The molecule has 0 radical (unpaired) electrons. The number of carbonyl (C=O) groups is 1. The number of nitrogens with zero attached hydrogens (tertiary/aromatic N) is 3. The molecule has 1 fully saturated rings. The fraction of sp³-hybridized carbons (Fsp3) is 0.692. The van der Waals surface area contributed by atoms with E-state index in [1.54, 1.807) is 6.20 Å². The van der Waals surface area contributed by atoms with Crippen LogP contribution in [0.5, 0.6) is 0 Å². The smallest absolute Gasteiger partial charge is 0.263 e. The number of likely N-dealkylation sites (N-methyl/N-ethyl adjacent to an activating group) is 1. The summed E-state index contributed by atoms with van der Waals surface area (Å²) in [7, 11) is 2.07. The van der Waals surface area contributed by atoms with Crippen LogP contribution in [0, 0.1) is 17.2 Å². The highest BCUT2D eigenvalue weighted by Crippen LogP contribution is 2.03. The molecule has 0 saturated carbocycles. The van der Waals surface area contributed by atoms with Gasteiger partial charge >= 0.3 is 0 Å². The minimum atomic E-state index is -0.273. The maximum atomic E-state index is 11.8. The average molecular weight is 250 g/mol. The van der Waals surface area contributed by atoms with Gasteiger partial charge in [0.05, 0.1) is 0 Å². The molecule has 1 aliphatic rings. The maximum absolute atomic E-state index is 11.8. The van der Waals surface area contributed by atoms with Crippen LogP contribution < -0.4 is 5.32 Å². The molecule has 1 aliphatic heterocycles. The third kappa shape index (κ3) is 4.76. The molecule has 5 nitrogen and oxygen atoms in total. The average Bonchev–Trinajstić information content (AvgIpc) is 2.35. The molecule has 0 aromatic rings. The molecule has 0 spiro atoms. The SMILES string of the molecule is CC(C)CNC(=O)/C(C#N)=C\N1CCN(C)CC1. The van der Waals surface area contributed by atoms with Gasteiger partial charge in [-0.3, -0.25) is 4.79 Å². The number of hydrogen-bond acceptors (Lipinski definition) is 4. The summed E-state index contributed by atoms with van der Waals surface area (Å²) in [6, 6.07) is 1.98. The van der Waals surface area contributed by atoms with Crippen LogP contribution in [-0.4, -0.2) is 55.5 Å². The Morgan fingerprint density at radius 3 is 2.50 bits per heavy atom. The predicted molar refractivity (Wildman–Crippen MR) is 70.6 cm³/mol. The number of carbonyl (C=O) groups excluding carboxylic acids is 1. The van der Waals surface area contributed by atoms with E-state index < -0.39 is 0 Å². The highest BCUT2D eigenvalue weighted by atomic mass is 16.1. The number of nitrogens with one attached hydrogen (secondary N) is 1. The van der Waals surface area contributed by atoms with Gasteiger partial charge in [-0.05, 0) is 13.0 Å². The Labute approximate surface area is 109 Å². The second-order valence-corrected chi connectivity index (χ2v) is 5.10. The predicted octanol–water partition coefficient (Wildman–Crippen LogP) is 0.413. The quantitative estimate of drug-likeness (QED) is 0.580. The molecule has 1 amide bonds. The zero-order chi connectivity index (χ0) is 13.5. The van der Waals surface area contributed by atoms with Gasteiger partial charge in [0.15, 0.2) is 0 Å². The lowest BCUT2D eigenvalue weighted by atomic mass is 10.2. The number of hydrogen-bond donors (Lipinski definition) is 1. The molecule has 0 unspecified atom stereocenters. The van der Waals surface area contributed by atoms with Crippen LogP contribution in [0.1, 0.15) is 13.8 Å². The summed E-state index contributed by atoms with van der Waals surface area (Å²) in [5.74, 6) is 0.114. The van der Waals surface area contributed by atoms with E-state index in [9.17, 15) is 4.79 Å². The molecule has 1 saturated heterocycles. The maximum Gasteiger partial charge on any atom is 0.263 e. The van der Waals surface area contributed by atoms with Crippen molar-refractivity contribution in [3.05, 3.63) is 11.8 Å². The van der Waals surface area contributed by atoms with Gasteiger partial charge in [0.1, 0.15) is 11.6 Å². The molecule has 1 heterocycles. The van der Waals surface area contributed by atoms with E-state index in [2.05, 4.69) is 17.3 Å². The molecule has 1 rings (SSSR count). The standard InChI is InChI=1S/C13H22N4O/c1-11(2)9-15-13(18)12(8-14)10-17-6-4-16(3)5-7-17/h10-11H,4-7,9H2,1-3H3,(H,15,18)/b12-10-. The first-order valence-corrected chi connectivity index (χ1v) is 6.35. The van der Waals surface area contributed by atoms with Gasteiger partial charge in [-0.15, -0.1) is 0 Å². The Hall–Kier alpha value is -1.54. The van der Waals surface area contributed by atoms with E-state index in [1.807, 2.05) is 24.8 Å². The Bertz CT molecular complexity index is 348. The summed E-state index contributed by atoms with van der Waals surface area (Å²) < 4.78 is 0. The van der Waals surface area contributed by atoms with E-state index in [-0.39, 0.29) is 11.5 Å². The van der Waals surface area contributed by atoms with Gasteiger partial charge in [-0.25, -0.2) is 0 Å². The fourth-order valence-electron chi connectivity index (χ4n) is 1.66. The van der Waals surface area contributed by atoms with Gasteiger partial charge in [0.2, 0.25) is 0 Å². The zero-order valence-electron chi connectivity index (χ0n) is 11.4. The molecular weight excluding hydrogens is 228 g/mol. The summed E-state index contributed by atoms with van der Waals surface area (Å²) in [6.07, 6.45) is 1.68. The Morgan fingerprint density at radius 2 is 2.00 bits per heavy atom. The summed E-state index contributed by atoms with van der Waals surface area (Å²) in [5.41, 5.74) is 0.195. The van der Waals surface area contributed by atoms with E-state index in [4.69, 9.17) is 5.26 Å². The molecule has 0 aromatic heterocycles. The molecular formula is C13H22N4O. The van der Waals surface area contributed by atoms with Crippen LogP contribution in [0.4, 0.5) is 0 Å². The van der Waals surface area contributed by atoms with Crippen molar-refractivity contribution >= 4 is 5.91 Å². The number of nitriles is 1. The number of piperazine rings is 1. The van der Waals surface area contributed by atoms with E-state index in [0.717, 1.165) is 26.2 Å². The molecule has 5 heteroatoms. The van der Waals surface area contributed by atoms with Crippen LogP contribution in [0.2, 0.25) is 0 Å². The molecule has 0 aliphatic carbocycles. The van der Waals surface area contributed by atoms with Crippen molar-refractivity contribution in [1.82, 2.24) is 15.1 Å². The molecule has 100 valence electrons. The van der Waals surface area contributed by atoms with E-state index in [1.165, 1.54) is 0 Å². The fourth-order valence-corrected chi connectivity index (χ4v) is 1.66. The van der Waals surface area contributed by atoms with E-state index >= 15 is 0 Å². The summed E-state index contributed by atoms with van der Waals surface area (Å²) in [5, 5.41) is 11.8. The van der Waals surface area contributed by atoms with Crippen molar-refractivity contribution in [2.24, 2.45) is 5.92 Å². The van der Waals surface area contributed by atoms with Crippen LogP contribution in [0.25, 0.3) is 0 Å².